The number of nitrogens with one attached hydrogen (secondary N) is 3. The first-order chi connectivity index (χ1) is 9.83. The van der Waals surface area contributed by atoms with Crippen LogP contribution in [0.2, 0.25) is 0 Å². The van der Waals surface area contributed by atoms with Crippen LogP contribution in [-0.2, 0) is 0 Å². The lowest BCUT2D eigenvalue weighted by atomic mass is 9.96. The summed E-state index contributed by atoms with van der Waals surface area (Å²) in [6, 6.07) is 5.61. The summed E-state index contributed by atoms with van der Waals surface area (Å²) < 4.78 is 0. The average Bonchev–Trinajstić information content (AvgIpc) is 2.95. The van der Waals surface area contributed by atoms with Gasteiger partial charge in [-0.2, -0.15) is 5.10 Å². The Morgan fingerprint density at radius 3 is 3.25 bits per heavy atom. The lowest BCUT2D eigenvalue weighted by Gasteiger charge is -2.22. The smallest absolute Gasteiger partial charge is 0.251 e. The van der Waals surface area contributed by atoms with Crippen LogP contribution < -0.4 is 10.6 Å². The normalized spacial score (nSPS) is 19.1. The lowest BCUT2D eigenvalue weighted by molar-refractivity contribution is 0.0951. The summed E-state index contributed by atoms with van der Waals surface area (Å²) in [5, 5.41) is 14.3. The number of benzene rings is 1. The Morgan fingerprint density at radius 2 is 2.40 bits per heavy atom. The van der Waals surface area contributed by atoms with Gasteiger partial charge in [0.15, 0.2) is 0 Å². The van der Waals surface area contributed by atoms with E-state index in [1.807, 2.05) is 18.2 Å². The molecule has 5 nitrogen and oxygen atoms in total. The Morgan fingerprint density at radius 1 is 1.45 bits per heavy atom. The van der Waals surface area contributed by atoms with E-state index in [1.165, 1.54) is 12.8 Å². The zero-order chi connectivity index (χ0) is 13.8. The summed E-state index contributed by atoms with van der Waals surface area (Å²) in [6.45, 7) is 2.95. The van der Waals surface area contributed by atoms with Gasteiger partial charge in [0, 0.05) is 17.5 Å². The molecular formula is C15H20N4O. The maximum absolute atomic E-state index is 12.1. The highest BCUT2D eigenvalue weighted by molar-refractivity contribution is 5.97. The van der Waals surface area contributed by atoms with Crippen LogP contribution in [0.5, 0.6) is 0 Å². The highest BCUT2D eigenvalue weighted by atomic mass is 16.1. The molecule has 3 N–H and O–H groups in total. The van der Waals surface area contributed by atoms with Crippen LogP contribution in [0.3, 0.4) is 0 Å². The molecule has 0 saturated carbocycles. The molecule has 20 heavy (non-hydrogen) atoms. The topological polar surface area (TPSA) is 69.8 Å². The summed E-state index contributed by atoms with van der Waals surface area (Å²) in [5.41, 5.74) is 1.58. The van der Waals surface area contributed by atoms with Gasteiger partial charge in [-0.25, -0.2) is 0 Å². The fourth-order valence-corrected chi connectivity index (χ4v) is 2.74. The fourth-order valence-electron chi connectivity index (χ4n) is 2.74. The van der Waals surface area contributed by atoms with Crippen molar-refractivity contribution >= 4 is 16.8 Å². The van der Waals surface area contributed by atoms with Gasteiger partial charge in [0.05, 0.1) is 11.7 Å². The number of nitrogens with zero attached hydrogens (tertiary/aromatic N) is 1. The van der Waals surface area contributed by atoms with Crippen LogP contribution in [0, 0.1) is 5.92 Å². The third kappa shape index (κ3) is 2.99. The lowest BCUT2D eigenvalue weighted by Crippen LogP contribution is -2.33. The molecule has 106 valence electrons. The molecule has 1 amide bonds. The molecule has 1 atom stereocenters. The SMILES string of the molecule is O=C(NCCC1CCCNC1)c1ccc2cn[nH]c2c1. The maximum Gasteiger partial charge on any atom is 0.251 e. The first kappa shape index (κ1) is 13.1. The summed E-state index contributed by atoms with van der Waals surface area (Å²) in [4.78, 5) is 12.1. The molecule has 1 aromatic carbocycles. The first-order valence-electron chi connectivity index (χ1n) is 7.25. The van der Waals surface area contributed by atoms with E-state index in [2.05, 4.69) is 20.8 Å². The van der Waals surface area contributed by atoms with E-state index < -0.39 is 0 Å². The van der Waals surface area contributed by atoms with Crippen molar-refractivity contribution < 1.29 is 4.79 Å². The zero-order valence-corrected chi connectivity index (χ0v) is 11.5. The molecule has 0 spiro atoms. The second-order valence-electron chi connectivity index (χ2n) is 5.43. The number of aromatic nitrogens is 2. The van der Waals surface area contributed by atoms with E-state index in [0.717, 1.165) is 37.0 Å². The predicted octanol–water partition coefficient (Wildman–Crippen LogP) is 1.68. The number of hydrogen-bond acceptors (Lipinski definition) is 3. The van der Waals surface area contributed by atoms with E-state index in [-0.39, 0.29) is 5.91 Å². The molecule has 3 rings (SSSR count). The van der Waals surface area contributed by atoms with Gasteiger partial charge < -0.3 is 10.6 Å². The highest BCUT2D eigenvalue weighted by Crippen LogP contribution is 2.14. The van der Waals surface area contributed by atoms with Gasteiger partial charge in [-0.05, 0) is 50.4 Å². The number of hydrogen-bond donors (Lipinski definition) is 3. The van der Waals surface area contributed by atoms with Gasteiger partial charge >= 0.3 is 0 Å². The molecular weight excluding hydrogens is 252 g/mol. The van der Waals surface area contributed by atoms with Crippen molar-refractivity contribution in [2.45, 2.75) is 19.3 Å². The van der Waals surface area contributed by atoms with Crippen LogP contribution in [0.1, 0.15) is 29.6 Å². The third-order valence-corrected chi connectivity index (χ3v) is 3.94. The standard InChI is InChI=1S/C15H20N4O/c20-15(17-7-5-11-2-1-6-16-9-11)12-3-4-13-10-18-19-14(13)8-12/h3-4,8,10-11,16H,1-2,5-7,9H2,(H,17,20)(H,18,19). The first-order valence-corrected chi connectivity index (χ1v) is 7.25. The van der Waals surface area contributed by atoms with E-state index >= 15 is 0 Å². The largest absolute Gasteiger partial charge is 0.352 e. The number of carbonyl (C=O) groups is 1. The van der Waals surface area contributed by atoms with Crippen molar-refractivity contribution in [2.24, 2.45) is 5.92 Å². The Balaban J connectivity index is 1.53. The van der Waals surface area contributed by atoms with Gasteiger partial charge in [-0.1, -0.05) is 6.07 Å². The minimum absolute atomic E-state index is 0.00901. The van der Waals surface area contributed by atoms with Crippen molar-refractivity contribution in [3.8, 4) is 0 Å². The van der Waals surface area contributed by atoms with Gasteiger partial charge in [0.2, 0.25) is 0 Å². The molecule has 1 saturated heterocycles. The molecule has 1 aliphatic heterocycles. The quantitative estimate of drug-likeness (QED) is 0.793. The molecule has 2 aromatic rings. The monoisotopic (exact) mass is 272 g/mol. The van der Waals surface area contributed by atoms with Crippen molar-refractivity contribution in [3.63, 3.8) is 0 Å². The van der Waals surface area contributed by atoms with E-state index in [1.54, 1.807) is 6.20 Å². The molecule has 1 fully saturated rings. The summed E-state index contributed by atoms with van der Waals surface area (Å²) in [5.74, 6) is 0.685. The summed E-state index contributed by atoms with van der Waals surface area (Å²) >= 11 is 0. The van der Waals surface area contributed by atoms with Crippen LogP contribution in [0.4, 0.5) is 0 Å². The number of piperidine rings is 1. The molecule has 5 heteroatoms. The zero-order valence-electron chi connectivity index (χ0n) is 11.5. The predicted molar refractivity (Wildman–Crippen MR) is 78.6 cm³/mol. The van der Waals surface area contributed by atoms with Gasteiger partial charge in [0.1, 0.15) is 0 Å². The number of aromatic amines is 1. The number of amides is 1. The van der Waals surface area contributed by atoms with Gasteiger partial charge in [-0.3, -0.25) is 9.89 Å². The Kier molecular flexibility index (Phi) is 3.97. The minimum atomic E-state index is -0.00901. The number of fused-ring (bicyclic) bond motifs is 1. The molecule has 0 aliphatic carbocycles. The average molecular weight is 272 g/mol. The fraction of sp³-hybridized carbons (Fsp3) is 0.467. The van der Waals surface area contributed by atoms with Crippen LogP contribution in [-0.4, -0.2) is 35.7 Å². The van der Waals surface area contributed by atoms with Crippen LogP contribution >= 0.6 is 0 Å². The number of carbonyl (C=O) groups excluding carboxylic acids is 1. The Hall–Kier alpha value is -1.88. The van der Waals surface area contributed by atoms with Crippen molar-refractivity contribution in [3.05, 3.63) is 30.0 Å². The molecule has 2 heterocycles. The molecule has 1 aromatic heterocycles. The van der Waals surface area contributed by atoms with E-state index in [9.17, 15) is 4.79 Å². The maximum atomic E-state index is 12.1. The molecule has 1 unspecified atom stereocenters. The minimum Gasteiger partial charge on any atom is -0.352 e. The van der Waals surface area contributed by atoms with Crippen molar-refractivity contribution in [1.82, 2.24) is 20.8 Å². The Labute approximate surface area is 118 Å². The number of rotatable bonds is 4. The molecule has 0 radical (unpaired) electrons. The van der Waals surface area contributed by atoms with Gasteiger partial charge in [0.25, 0.3) is 5.91 Å². The van der Waals surface area contributed by atoms with E-state index in [0.29, 0.717) is 11.5 Å². The van der Waals surface area contributed by atoms with Crippen LogP contribution in [0.25, 0.3) is 10.9 Å². The van der Waals surface area contributed by atoms with Crippen molar-refractivity contribution in [1.29, 1.82) is 0 Å². The summed E-state index contributed by atoms with van der Waals surface area (Å²) in [6.07, 6.45) is 5.32. The Bertz CT molecular complexity index is 586. The molecule has 1 aliphatic rings. The van der Waals surface area contributed by atoms with Gasteiger partial charge in [-0.15, -0.1) is 0 Å². The van der Waals surface area contributed by atoms with Crippen molar-refractivity contribution in [2.75, 3.05) is 19.6 Å². The second-order valence-corrected chi connectivity index (χ2v) is 5.43. The van der Waals surface area contributed by atoms with Crippen LogP contribution in [0.15, 0.2) is 24.4 Å². The second kappa shape index (κ2) is 6.05. The highest BCUT2D eigenvalue weighted by Gasteiger charge is 2.13. The number of H-pyrrole nitrogens is 1. The molecule has 0 bridgehead atoms. The van der Waals surface area contributed by atoms with E-state index in [4.69, 9.17) is 0 Å². The third-order valence-electron chi connectivity index (χ3n) is 3.94. The summed E-state index contributed by atoms with van der Waals surface area (Å²) in [7, 11) is 0.